The van der Waals surface area contributed by atoms with Crippen molar-refractivity contribution in [3.63, 3.8) is 0 Å². The van der Waals surface area contributed by atoms with Gasteiger partial charge in [0, 0.05) is 19.6 Å². The lowest BCUT2D eigenvalue weighted by Crippen LogP contribution is -2.38. The highest BCUT2D eigenvalue weighted by Gasteiger charge is 2.19. The molecule has 1 unspecified atom stereocenters. The van der Waals surface area contributed by atoms with Crippen LogP contribution in [0.25, 0.3) is 0 Å². The van der Waals surface area contributed by atoms with E-state index < -0.39 is 5.82 Å². The van der Waals surface area contributed by atoms with Gasteiger partial charge in [0.1, 0.15) is 5.82 Å². The molecule has 2 aromatic carbocycles. The van der Waals surface area contributed by atoms with Crippen LogP contribution >= 0.6 is 24.0 Å². The number of hydrogen-bond donors (Lipinski definition) is 3. The molecule has 9 heteroatoms. The van der Waals surface area contributed by atoms with Gasteiger partial charge in [-0.05, 0) is 62.1 Å². The quantitative estimate of drug-likeness (QED) is 0.261. The molecule has 3 N–H and O–H groups in total. The number of nitrogens with one attached hydrogen (secondary N) is 2. The van der Waals surface area contributed by atoms with Crippen molar-refractivity contribution in [2.45, 2.75) is 45.4 Å². The Labute approximate surface area is 211 Å². The molecule has 0 bridgehead atoms. The van der Waals surface area contributed by atoms with E-state index in [0.29, 0.717) is 50.7 Å². The molecular weight excluding hydrogens is 541 g/mol. The number of hydrogen-bond acceptors (Lipinski definition) is 4. The molecule has 0 amide bonds. The molecule has 182 valence electrons. The molecule has 1 aliphatic heterocycles. The number of aliphatic imine (C=N–C) groups is 1. The number of rotatable bonds is 7. The molecule has 0 saturated carbocycles. The van der Waals surface area contributed by atoms with Crippen molar-refractivity contribution in [2.75, 3.05) is 31.6 Å². The van der Waals surface area contributed by atoms with Crippen LogP contribution in [0, 0.1) is 11.6 Å². The Bertz CT molecular complexity index is 937. The third-order valence-corrected chi connectivity index (χ3v) is 5.61. The van der Waals surface area contributed by atoms with E-state index in [4.69, 9.17) is 4.74 Å². The zero-order valence-electron chi connectivity index (χ0n) is 19.3. The maximum absolute atomic E-state index is 14.7. The molecule has 1 fully saturated rings. The molecule has 1 aliphatic rings. The number of nitrogens with zero attached hydrogens (tertiary/aromatic N) is 2. The Morgan fingerprint density at radius 3 is 2.52 bits per heavy atom. The number of methoxy groups -OCH3 is 1. The number of anilines is 1. The van der Waals surface area contributed by atoms with Crippen molar-refractivity contribution in [1.29, 1.82) is 0 Å². The third kappa shape index (κ3) is 7.43. The van der Waals surface area contributed by atoms with Gasteiger partial charge in [-0.3, -0.25) is 0 Å². The summed E-state index contributed by atoms with van der Waals surface area (Å²) in [6.07, 6.45) is 1.01. The maximum Gasteiger partial charge on any atom is 0.192 e. The van der Waals surface area contributed by atoms with E-state index in [1.165, 1.54) is 19.2 Å². The zero-order valence-corrected chi connectivity index (χ0v) is 21.6. The van der Waals surface area contributed by atoms with Gasteiger partial charge in [-0.15, -0.1) is 24.0 Å². The Hall–Kier alpha value is -2.14. The van der Waals surface area contributed by atoms with Gasteiger partial charge in [0.25, 0.3) is 0 Å². The molecule has 1 heterocycles. The first-order valence-corrected chi connectivity index (χ1v) is 11.0. The zero-order chi connectivity index (χ0) is 23.1. The van der Waals surface area contributed by atoms with Crippen molar-refractivity contribution in [3.05, 3.63) is 59.2 Å². The third-order valence-electron chi connectivity index (χ3n) is 5.61. The van der Waals surface area contributed by atoms with Gasteiger partial charge >= 0.3 is 0 Å². The summed E-state index contributed by atoms with van der Waals surface area (Å²) in [6.45, 7) is 6.12. The molecule has 0 radical (unpaired) electrons. The highest BCUT2D eigenvalue weighted by molar-refractivity contribution is 14.0. The van der Waals surface area contributed by atoms with Crippen LogP contribution in [0.1, 0.15) is 43.9 Å². The van der Waals surface area contributed by atoms with Crippen LogP contribution in [-0.2, 0) is 6.54 Å². The topological polar surface area (TPSA) is 69.1 Å². The van der Waals surface area contributed by atoms with Gasteiger partial charge in [0.05, 0.1) is 31.5 Å². The highest BCUT2D eigenvalue weighted by Crippen LogP contribution is 2.25. The lowest BCUT2D eigenvalue weighted by molar-refractivity contribution is 0.145. The van der Waals surface area contributed by atoms with Gasteiger partial charge in [0.15, 0.2) is 17.5 Å². The van der Waals surface area contributed by atoms with Crippen molar-refractivity contribution in [3.8, 4) is 5.75 Å². The average molecular weight is 574 g/mol. The van der Waals surface area contributed by atoms with Crippen molar-refractivity contribution >= 4 is 35.6 Å². The molecule has 0 spiro atoms. The fourth-order valence-corrected chi connectivity index (χ4v) is 3.74. The Kier molecular flexibility index (Phi) is 10.6. The lowest BCUT2D eigenvalue weighted by atomic mass is 10.1. The van der Waals surface area contributed by atoms with E-state index in [1.807, 2.05) is 24.8 Å². The molecule has 6 nitrogen and oxygen atoms in total. The van der Waals surface area contributed by atoms with Crippen molar-refractivity contribution < 1.29 is 18.6 Å². The minimum absolute atomic E-state index is 0. The fourth-order valence-electron chi connectivity index (χ4n) is 3.74. The second-order valence-electron chi connectivity index (χ2n) is 7.96. The van der Waals surface area contributed by atoms with Gasteiger partial charge in [-0.2, -0.15) is 0 Å². The van der Waals surface area contributed by atoms with Gasteiger partial charge in [0.2, 0.25) is 0 Å². The predicted molar refractivity (Wildman–Crippen MR) is 139 cm³/mol. The van der Waals surface area contributed by atoms with Crippen LogP contribution in [0.3, 0.4) is 0 Å². The number of ether oxygens (including phenoxy) is 1. The molecule has 0 aliphatic carbocycles. The standard InChI is InChI=1S/C24H32F2N4O2.HI/c1-4-27-24(29-16(2)18-6-8-23(32-3)21(26)14-18)28-15-17-5-7-22(20(25)13-17)30-11-9-19(31)10-12-30;/h5-8,13-14,16,19,31H,4,9-12,15H2,1-3H3,(H2,27,28,29);1H. The van der Waals surface area contributed by atoms with Crippen LogP contribution < -0.4 is 20.3 Å². The lowest BCUT2D eigenvalue weighted by Gasteiger charge is -2.31. The molecule has 1 atom stereocenters. The Morgan fingerprint density at radius 1 is 1.18 bits per heavy atom. The van der Waals surface area contributed by atoms with E-state index in [2.05, 4.69) is 15.6 Å². The molecule has 1 saturated heterocycles. The predicted octanol–water partition coefficient (Wildman–Crippen LogP) is 4.37. The molecule has 33 heavy (non-hydrogen) atoms. The fraction of sp³-hybridized carbons (Fsp3) is 0.458. The average Bonchev–Trinajstić information content (AvgIpc) is 2.78. The monoisotopic (exact) mass is 574 g/mol. The summed E-state index contributed by atoms with van der Waals surface area (Å²) in [5.74, 6) is 0.0620. The van der Waals surface area contributed by atoms with Crippen LogP contribution in [0.2, 0.25) is 0 Å². The second-order valence-corrected chi connectivity index (χ2v) is 7.96. The van der Waals surface area contributed by atoms with Gasteiger partial charge in [-0.1, -0.05) is 12.1 Å². The SMILES string of the molecule is CCNC(=NCc1ccc(N2CCC(O)CC2)c(F)c1)NC(C)c1ccc(OC)c(F)c1.I. The maximum atomic E-state index is 14.7. The number of halogens is 3. The number of guanidine groups is 1. The summed E-state index contributed by atoms with van der Waals surface area (Å²) < 4.78 is 33.7. The second kappa shape index (κ2) is 12.9. The van der Waals surface area contributed by atoms with Crippen LogP contribution in [-0.4, -0.2) is 43.9 Å². The van der Waals surface area contributed by atoms with E-state index in [1.54, 1.807) is 18.2 Å². The van der Waals surface area contributed by atoms with E-state index in [-0.39, 0.29) is 47.7 Å². The first-order chi connectivity index (χ1) is 15.4. The van der Waals surface area contributed by atoms with Gasteiger partial charge < -0.3 is 25.4 Å². The summed E-state index contributed by atoms with van der Waals surface area (Å²) in [7, 11) is 1.43. The summed E-state index contributed by atoms with van der Waals surface area (Å²) in [5.41, 5.74) is 2.07. The van der Waals surface area contributed by atoms with Crippen LogP contribution in [0.15, 0.2) is 41.4 Å². The minimum Gasteiger partial charge on any atom is -0.494 e. The number of piperidine rings is 1. The Morgan fingerprint density at radius 2 is 1.91 bits per heavy atom. The van der Waals surface area contributed by atoms with Crippen molar-refractivity contribution in [2.24, 2.45) is 4.99 Å². The highest BCUT2D eigenvalue weighted by atomic mass is 127. The van der Waals surface area contributed by atoms with E-state index in [0.717, 1.165) is 11.1 Å². The first-order valence-electron chi connectivity index (χ1n) is 11.0. The smallest absolute Gasteiger partial charge is 0.192 e. The molecule has 3 rings (SSSR count). The normalized spacial score (nSPS) is 15.6. The van der Waals surface area contributed by atoms with Gasteiger partial charge in [-0.25, -0.2) is 13.8 Å². The van der Waals surface area contributed by atoms with Crippen molar-refractivity contribution in [1.82, 2.24) is 10.6 Å². The molecule has 0 aromatic heterocycles. The minimum atomic E-state index is -0.417. The first kappa shape index (κ1) is 27.1. The number of aliphatic hydroxyl groups is 1. The largest absolute Gasteiger partial charge is 0.494 e. The summed E-state index contributed by atoms with van der Waals surface area (Å²) >= 11 is 0. The Balaban J connectivity index is 0.00000385. The van der Waals surface area contributed by atoms with Crippen LogP contribution in [0.4, 0.5) is 14.5 Å². The molecule has 2 aromatic rings. The van der Waals surface area contributed by atoms with E-state index in [9.17, 15) is 13.9 Å². The number of aliphatic hydroxyl groups excluding tert-OH is 1. The summed E-state index contributed by atoms with van der Waals surface area (Å²) in [4.78, 5) is 6.53. The van der Waals surface area contributed by atoms with E-state index >= 15 is 0 Å². The van der Waals surface area contributed by atoms with Crippen LogP contribution in [0.5, 0.6) is 5.75 Å². The summed E-state index contributed by atoms with van der Waals surface area (Å²) in [6, 6.07) is 9.81. The number of benzene rings is 2. The summed E-state index contributed by atoms with van der Waals surface area (Å²) in [5, 5.41) is 16.1. The molecular formula is C24H33F2IN4O2.